The molecule has 126 valence electrons. The average Bonchev–Trinajstić information content (AvgIpc) is 2.69. The second-order valence-electron chi connectivity index (χ2n) is 6.23. The summed E-state index contributed by atoms with van der Waals surface area (Å²) >= 11 is 0. The highest BCUT2D eigenvalue weighted by Crippen LogP contribution is 2.53. The van der Waals surface area contributed by atoms with Crippen LogP contribution in [0.15, 0.2) is 23.7 Å². The van der Waals surface area contributed by atoms with E-state index < -0.39 is 89.7 Å². The van der Waals surface area contributed by atoms with Crippen molar-refractivity contribution in [2.24, 2.45) is 5.89 Å². The van der Waals surface area contributed by atoms with E-state index in [9.17, 15) is 6.48 Å². The van der Waals surface area contributed by atoms with Gasteiger partial charge in [0.2, 0.25) is 0 Å². The predicted octanol–water partition coefficient (Wildman–Crippen LogP) is 5.74. The monoisotopic (exact) mass is 327 g/mol. The van der Waals surface area contributed by atoms with Crippen LogP contribution in [0.4, 0.5) is 0 Å². The molecule has 2 nitrogen and oxygen atoms in total. The minimum Gasteiger partial charge on any atom is -0.507 e. The van der Waals surface area contributed by atoms with Crippen LogP contribution >= 0.6 is 0 Å². The number of ether oxygens (including phenoxy) is 1. The van der Waals surface area contributed by atoms with Gasteiger partial charge in [-0.1, -0.05) is 31.4 Å². The van der Waals surface area contributed by atoms with Gasteiger partial charge in [0.25, 0.3) is 0 Å². The first kappa shape index (κ1) is 6.82. The van der Waals surface area contributed by atoms with Gasteiger partial charge in [0.1, 0.15) is 17.1 Å². The van der Waals surface area contributed by atoms with Crippen LogP contribution in [0.1, 0.15) is 94.5 Å². The van der Waals surface area contributed by atoms with E-state index in [2.05, 4.69) is 0 Å². The zero-order valence-electron chi connectivity index (χ0n) is 26.6. The fourth-order valence-electron chi connectivity index (χ4n) is 2.81. The Morgan fingerprint density at radius 1 is 1.52 bits per heavy atom. The molecule has 0 spiro atoms. The first-order chi connectivity index (χ1) is 16.0. The minimum atomic E-state index is -3.30. The Morgan fingerprint density at radius 3 is 3.09 bits per heavy atom. The predicted molar refractivity (Wildman–Crippen MR) is 95.3 cm³/mol. The van der Waals surface area contributed by atoms with E-state index >= 15 is 0 Å². The van der Waals surface area contributed by atoms with Crippen molar-refractivity contribution in [1.29, 1.82) is 0 Å². The van der Waals surface area contributed by atoms with E-state index in [1.54, 1.807) is 0 Å². The number of benzene rings is 1. The summed E-state index contributed by atoms with van der Waals surface area (Å²) in [5, 5.41) is 11.1. The summed E-state index contributed by atoms with van der Waals surface area (Å²) in [6.07, 6.45) is -7.80. The molecule has 0 amide bonds. The third-order valence-electron chi connectivity index (χ3n) is 4.01. The van der Waals surface area contributed by atoms with Crippen molar-refractivity contribution >= 4 is 0 Å². The first-order valence-corrected chi connectivity index (χ1v) is 7.81. The molecule has 2 heteroatoms. The Balaban J connectivity index is 2.53. The summed E-state index contributed by atoms with van der Waals surface area (Å²) in [6.45, 7) is 1.06. The van der Waals surface area contributed by atoms with Crippen molar-refractivity contribution in [3.05, 3.63) is 34.8 Å². The lowest BCUT2D eigenvalue weighted by Gasteiger charge is -2.46. The first-order valence-electron chi connectivity index (χ1n) is 14.3. The number of hydrogen-bond acceptors (Lipinski definition) is 2. The van der Waals surface area contributed by atoms with Crippen LogP contribution < -0.4 is 4.74 Å². The second kappa shape index (κ2) is 6.22. The normalized spacial score (nSPS) is 42.6. The Hall–Kier alpha value is -1.44. The third-order valence-corrected chi connectivity index (χ3v) is 4.01. The maximum absolute atomic E-state index is 11.1. The van der Waals surface area contributed by atoms with E-state index in [0.29, 0.717) is 12.8 Å². The molecule has 2 atom stereocenters. The van der Waals surface area contributed by atoms with Crippen molar-refractivity contribution in [1.82, 2.24) is 0 Å². The second-order valence-corrected chi connectivity index (χ2v) is 6.23. The number of rotatable bonds is 4. The van der Waals surface area contributed by atoms with Crippen molar-refractivity contribution < 1.29 is 27.7 Å². The van der Waals surface area contributed by atoms with Crippen LogP contribution in [-0.4, -0.2) is 10.7 Å². The molecule has 1 aliphatic heterocycles. The summed E-state index contributed by atoms with van der Waals surface area (Å²) in [4.78, 5) is 0. The van der Waals surface area contributed by atoms with Crippen molar-refractivity contribution in [2.75, 3.05) is 0 Å². The zero-order valence-corrected chi connectivity index (χ0v) is 13.6. The average molecular weight is 328 g/mol. The van der Waals surface area contributed by atoms with E-state index in [4.69, 9.17) is 21.2 Å². The van der Waals surface area contributed by atoms with Gasteiger partial charge >= 0.3 is 0 Å². The molecular formula is C21H30O2. The van der Waals surface area contributed by atoms with Gasteiger partial charge in [-0.3, -0.25) is 0 Å². The van der Waals surface area contributed by atoms with Gasteiger partial charge in [-0.2, -0.15) is 0 Å². The molecule has 2 aliphatic rings. The quantitative estimate of drug-likeness (QED) is 0.715. The molecule has 1 aromatic rings. The van der Waals surface area contributed by atoms with E-state index in [0.717, 1.165) is 0 Å². The lowest BCUT2D eigenvalue weighted by Crippen LogP contribution is -2.45. The Labute approximate surface area is 158 Å². The molecule has 0 saturated heterocycles. The standard InChI is InChI=1S/C21H30O2/c1-5-6-7-8-15-12-18(22)20-16-11-14(2)9-10-17(16)21(3,4)23-19(20)13-15/h11-13,16-17,22H,5-10H2,1-4H3/t16-,17-/m1/s1/i2D3,8D2,9D2,10D2,11D,12D,13D,17D. The van der Waals surface area contributed by atoms with Crippen LogP contribution in [0, 0.1) is 5.89 Å². The van der Waals surface area contributed by atoms with Crippen molar-refractivity contribution in [3.8, 4) is 11.5 Å². The number of hydrogen-bond donors (Lipinski definition) is 1. The smallest absolute Gasteiger partial charge is 0.127 e. The molecule has 23 heavy (non-hydrogen) atoms. The molecule has 1 aliphatic carbocycles. The number of unbranched alkanes of at least 4 members (excludes halogenated alkanes) is 1. The molecule has 0 bridgehead atoms. The summed E-state index contributed by atoms with van der Waals surface area (Å²) in [7, 11) is 0. The summed E-state index contributed by atoms with van der Waals surface area (Å²) in [5.74, 6) is -6.08. The van der Waals surface area contributed by atoms with Gasteiger partial charge in [0.05, 0.1) is 4.11 Å². The van der Waals surface area contributed by atoms with Crippen LogP contribution in [0.5, 0.6) is 11.5 Å². The number of phenolic OH excluding ortho intramolecular Hbond substituents is 1. The van der Waals surface area contributed by atoms with E-state index in [1.165, 1.54) is 13.8 Å². The molecule has 3 rings (SSSR count). The summed E-state index contributed by atoms with van der Waals surface area (Å²) < 4.78 is 115. The lowest BCUT2D eigenvalue weighted by molar-refractivity contribution is 0.0107. The Bertz CT molecular complexity index is 1120. The van der Waals surface area contributed by atoms with Gasteiger partial charge in [0, 0.05) is 31.1 Å². The zero-order chi connectivity index (χ0) is 28.0. The lowest BCUT2D eigenvalue weighted by atomic mass is 9.68. The van der Waals surface area contributed by atoms with Crippen LogP contribution in [0.25, 0.3) is 0 Å². The maximum Gasteiger partial charge on any atom is 0.127 e. The third kappa shape index (κ3) is 3.13. The SMILES string of the molecule is [2H]C1=C(C([2H])([2H])[2H])C([2H])([2H])C([2H])([2H])[C@]2([2H])[C@@H]1c1c(O)c([2H])c(C([2H])([2H])CCCC)c([2H])c1OC2(C)C. The molecule has 0 aromatic heterocycles. The van der Waals surface area contributed by atoms with Gasteiger partial charge in [-0.05, 0) is 63.9 Å². The summed E-state index contributed by atoms with van der Waals surface area (Å²) in [6, 6.07) is -2.39. The molecule has 0 fully saturated rings. The molecule has 1 heterocycles. The highest BCUT2D eigenvalue weighted by atomic mass is 16.5. The Morgan fingerprint density at radius 2 is 2.35 bits per heavy atom. The number of fused-ring (bicyclic) bond motifs is 3. The molecule has 1 N–H and O–H groups in total. The van der Waals surface area contributed by atoms with Gasteiger partial charge in [-0.15, -0.1) is 0 Å². The molecule has 0 radical (unpaired) electrons. The largest absolute Gasteiger partial charge is 0.507 e. The molecule has 1 aromatic carbocycles. The summed E-state index contributed by atoms with van der Waals surface area (Å²) in [5.41, 5.74) is -4.18. The number of allylic oxidation sites excluding steroid dienone is 2. The fraction of sp³-hybridized carbons (Fsp3) is 0.619. The highest BCUT2D eigenvalue weighted by Gasteiger charge is 2.45. The van der Waals surface area contributed by atoms with Gasteiger partial charge in [-0.25, -0.2) is 0 Å². The van der Waals surface area contributed by atoms with Gasteiger partial charge in [0.15, 0.2) is 0 Å². The number of aromatic hydroxyl groups is 1. The Kier molecular flexibility index (Phi) is 1.84. The number of phenols is 1. The highest BCUT2D eigenvalue weighted by molar-refractivity contribution is 5.53. The van der Waals surface area contributed by atoms with E-state index in [-0.39, 0.29) is 6.42 Å². The molecular weight excluding hydrogens is 284 g/mol. The van der Waals surface area contributed by atoms with Crippen molar-refractivity contribution in [2.45, 2.75) is 77.5 Å². The van der Waals surface area contributed by atoms with Crippen molar-refractivity contribution in [3.63, 3.8) is 0 Å². The minimum absolute atomic E-state index is 0.0652. The molecule has 0 saturated carbocycles. The fourth-order valence-corrected chi connectivity index (χ4v) is 2.81. The van der Waals surface area contributed by atoms with E-state index in [1.807, 2.05) is 6.92 Å². The van der Waals surface area contributed by atoms with Crippen LogP contribution in [-0.2, 0) is 6.37 Å². The van der Waals surface area contributed by atoms with Crippen LogP contribution in [0.3, 0.4) is 0 Å². The maximum atomic E-state index is 11.1. The van der Waals surface area contributed by atoms with Gasteiger partial charge < -0.3 is 9.84 Å². The molecule has 0 unspecified atom stereocenters. The van der Waals surface area contributed by atoms with Crippen LogP contribution in [0.2, 0.25) is 0 Å². The topological polar surface area (TPSA) is 29.5 Å².